The van der Waals surface area contributed by atoms with Gasteiger partial charge in [0.2, 0.25) is 0 Å². The number of halogens is 3. The summed E-state index contributed by atoms with van der Waals surface area (Å²) in [5.74, 6) is -0.790. The first-order chi connectivity index (χ1) is 8.86. The predicted molar refractivity (Wildman–Crippen MR) is 60.5 cm³/mol. The molecule has 0 aliphatic heterocycles. The van der Waals surface area contributed by atoms with E-state index in [2.05, 4.69) is 9.97 Å². The first-order valence-corrected chi connectivity index (χ1v) is 5.41. The summed E-state index contributed by atoms with van der Waals surface area (Å²) in [6.07, 6.45) is -3.12. The van der Waals surface area contributed by atoms with Gasteiger partial charge in [-0.15, -0.1) is 0 Å². The maximum atomic E-state index is 12.5. The molecule has 0 aliphatic rings. The lowest BCUT2D eigenvalue weighted by atomic mass is 10.1. The molecule has 1 aromatic carbocycles. The number of hydrogen-bond donors (Lipinski definition) is 1. The summed E-state index contributed by atoms with van der Waals surface area (Å²) < 4.78 is 37.6. The minimum absolute atomic E-state index is 0.0848. The Morgan fingerprint density at radius 1 is 1.32 bits per heavy atom. The fraction of sp³-hybridized carbons (Fsp3) is 0.250. The third-order valence-electron chi connectivity index (χ3n) is 2.52. The summed E-state index contributed by atoms with van der Waals surface area (Å²) in [7, 11) is 0. The molecule has 4 nitrogen and oxygen atoms in total. The third kappa shape index (κ3) is 3.18. The minimum atomic E-state index is -4.43. The second-order valence-electron chi connectivity index (χ2n) is 3.95. The Kier molecular flexibility index (Phi) is 3.37. The summed E-state index contributed by atoms with van der Waals surface area (Å²) >= 11 is 0. The lowest BCUT2D eigenvalue weighted by molar-refractivity contribution is -0.138. The van der Waals surface area contributed by atoms with E-state index < -0.39 is 17.7 Å². The van der Waals surface area contributed by atoms with Gasteiger partial charge in [-0.1, -0.05) is 6.07 Å². The van der Waals surface area contributed by atoms with Gasteiger partial charge < -0.3 is 5.11 Å². The number of carboxylic acids is 1. The molecule has 0 fully saturated rings. The van der Waals surface area contributed by atoms with Crippen molar-refractivity contribution >= 4 is 16.9 Å². The van der Waals surface area contributed by atoms with E-state index in [-0.39, 0.29) is 24.2 Å². The van der Waals surface area contributed by atoms with Crippen LogP contribution < -0.4 is 0 Å². The standard InChI is InChI=1S/C12H9F3N2O2/c13-12(14,15)8-2-1-7-6-16-10(3-4-11(18)19)17-9(7)5-8/h1-2,5-6H,3-4H2,(H,18,19). The molecule has 1 aromatic heterocycles. The van der Waals surface area contributed by atoms with Gasteiger partial charge in [-0.25, -0.2) is 9.97 Å². The van der Waals surface area contributed by atoms with Crippen molar-refractivity contribution in [3.63, 3.8) is 0 Å². The number of carboxylic acid groups (broad SMARTS) is 1. The third-order valence-corrected chi connectivity index (χ3v) is 2.52. The van der Waals surface area contributed by atoms with Gasteiger partial charge in [-0.2, -0.15) is 13.2 Å². The summed E-state index contributed by atoms with van der Waals surface area (Å²) in [5, 5.41) is 9.01. The largest absolute Gasteiger partial charge is 0.481 e. The maximum Gasteiger partial charge on any atom is 0.416 e. The normalized spacial score (nSPS) is 11.7. The second kappa shape index (κ2) is 4.83. The molecule has 100 valence electrons. The molecule has 0 saturated carbocycles. The maximum absolute atomic E-state index is 12.5. The number of alkyl halides is 3. The molecule has 0 unspecified atom stereocenters. The Balaban J connectivity index is 2.37. The van der Waals surface area contributed by atoms with Gasteiger partial charge in [0, 0.05) is 18.0 Å². The van der Waals surface area contributed by atoms with Crippen LogP contribution in [0.25, 0.3) is 10.9 Å². The van der Waals surface area contributed by atoms with E-state index >= 15 is 0 Å². The Labute approximate surface area is 105 Å². The van der Waals surface area contributed by atoms with Gasteiger partial charge in [0.1, 0.15) is 5.82 Å². The lowest BCUT2D eigenvalue weighted by Gasteiger charge is -2.07. The van der Waals surface area contributed by atoms with E-state index in [1.165, 1.54) is 12.3 Å². The zero-order valence-electron chi connectivity index (χ0n) is 9.61. The topological polar surface area (TPSA) is 63.1 Å². The summed E-state index contributed by atoms with van der Waals surface area (Å²) in [6, 6.07) is 3.18. The fourth-order valence-electron chi connectivity index (χ4n) is 1.58. The van der Waals surface area contributed by atoms with E-state index in [9.17, 15) is 18.0 Å². The van der Waals surface area contributed by atoms with Crippen molar-refractivity contribution in [3.8, 4) is 0 Å². The molecule has 0 saturated heterocycles. The molecule has 0 spiro atoms. The van der Waals surface area contributed by atoms with Crippen LogP contribution >= 0.6 is 0 Å². The number of benzene rings is 1. The highest BCUT2D eigenvalue weighted by atomic mass is 19.4. The molecule has 1 N–H and O–H groups in total. The summed E-state index contributed by atoms with van der Waals surface area (Å²) in [4.78, 5) is 18.3. The molecule has 0 bridgehead atoms. The van der Waals surface area contributed by atoms with Crippen LogP contribution in [0.4, 0.5) is 13.2 Å². The van der Waals surface area contributed by atoms with Crippen LogP contribution in [0.5, 0.6) is 0 Å². The molecule has 0 radical (unpaired) electrons. The molecule has 0 aliphatic carbocycles. The van der Waals surface area contributed by atoms with Crippen LogP contribution in [-0.4, -0.2) is 21.0 Å². The van der Waals surface area contributed by atoms with Gasteiger partial charge in [0.15, 0.2) is 0 Å². The van der Waals surface area contributed by atoms with Crippen molar-refractivity contribution in [2.24, 2.45) is 0 Å². The van der Waals surface area contributed by atoms with Crippen molar-refractivity contribution in [3.05, 3.63) is 35.8 Å². The number of aromatic nitrogens is 2. The van der Waals surface area contributed by atoms with Gasteiger partial charge in [0.25, 0.3) is 0 Å². The highest BCUT2D eigenvalue weighted by molar-refractivity contribution is 5.78. The summed E-state index contributed by atoms with van der Waals surface area (Å²) in [6.45, 7) is 0. The van der Waals surface area contributed by atoms with Gasteiger partial charge in [-0.05, 0) is 12.1 Å². The predicted octanol–water partition coefficient (Wildman–Crippen LogP) is 2.67. The van der Waals surface area contributed by atoms with Crippen molar-refractivity contribution < 1.29 is 23.1 Å². The molecule has 1 heterocycles. The average molecular weight is 270 g/mol. The second-order valence-corrected chi connectivity index (χ2v) is 3.95. The van der Waals surface area contributed by atoms with Crippen molar-refractivity contribution in [1.82, 2.24) is 9.97 Å². The van der Waals surface area contributed by atoms with Crippen LogP contribution in [0.1, 0.15) is 17.8 Å². The number of rotatable bonds is 3. The number of aryl methyl sites for hydroxylation is 1. The molecule has 2 aromatic rings. The zero-order valence-corrected chi connectivity index (χ0v) is 9.61. The van der Waals surface area contributed by atoms with Crippen molar-refractivity contribution in [1.29, 1.82) is 0 Å². The van der Waals surface area contributed by atoms with E-state index in [4.69, 9.17) is 5.11 Å². The molecule has 0 atom stereocenters. The monoisotopic (exact) mass is 270 g/mol. The number of aliphatic carboxylic acids is 1. The van der Waals surface area contributed by atoms with Crippen LogP contribution in [0.15, 0.2) is 24.4 Å². The Bertz CT molecular complexity index is 626. The van der Waals surface area contributed by atoms with Gasteiger partial charge in [0.05, 0.1) is 17.5 Å². The molecular weight excluding hydrogens is 261 g/mol. The SMILES string of the molecule is O=C(O)CCc1ncc2ccc(C(F)(F)F)cc2n1. The van der Waals surface area contributed by atoms with Crippen LogP contribution in [0.3, 0.4) is 0 Å². The molecule has 7 heteroatoms. The molecule has 2 rings (SSSR count). The Morgan fingerprint density at radius 2 is 2.05 bits per heavy atom. The molecule has 19 heavy (non-hydrogen) atoms. The van der Waals surface area contributed by atoms with Gasteiger partial charge in [-0.3, -0.25) is 4.79 Å². The summed E-state index contributed by atoms with van der Waals surface area (Å²) in [5.41, 5.74) is -0.631. The Hall–Kier alpha value is -2.18. The number of fused-ring (bicyclic) bond motifs is 1. The van der Waals surface area contributed by atoms with Crippen LogP contribution in [-0.2, 0) is 17.4 Å². The average Bonchev–Trinajstić information content (AvgIpc) is 2.34. The number of nitrogens with zero attached hydrogens (tertiary/aromatic N) is 2. The van der Waals surface area contributed by atoms with Crippen LogP contribution in [0, 0.1) is 0 Å². The molecule has 0 amide bonds. The lowest BCUT2D eigenvalue weighted by Crippen LogP contribution is -2.05. The van der Waals surface area contributed by atoms with Crippen molar-refractivity contribution in [2.45, 2.75) is 19.0 Å². The zero-order chi connectivity index (χ0) is 14.0. The van der Waals surface area contributed by atoms with Crippen LogP contribution in [0.2, 0.25) is 0 Å². The van der Waals surface area contributed by atoms with Crippen molar-refractivity contribution in [2.75, 3.05) is 0 Å². The smallest absolute Gasteiger partial charge is 0.416 e. The van der Waals surface area contributed by atoms with E-state index in [0.717, 1.165) is 12.1 Å². The minimum Gasteiger partial charge on any atom is -0.481 e. The van der Waals surface area contributed by atoms with Gasteiger partial charge >= 0.3 is 12.1 Å². The van der Waals surface area contributed by atoms with E-state index in [1.54, 1.807) is 0 Å². The Morgan fingerprint density at radius 3 is 2.68 bits per heavy atom. The fourth-order valence-corrected chi connectivity index (χ4v) is 1.58. The van der Waals surface area contributed by atoms with E-state index in [1.807, 2.05) is 0 Å². The first kappa shape index (κ1) is 13.3. The number of carbonyl (C=O) groups is 1. The van der Waals surface area contributed by atoms with E-state index in [0.29, 0.717) is 5.39 Å². The highest BCUT2D eigenvalue weighted by Gasteiger charge is 2.30. The number of hydrogen-bond acceptors (Lipinski definition) is 3. The quantitative estimate of drug-likeness (QED) is 0.931. The molecular formula is C12H9F3N2O2. The first-order valence-electron chi connectivity index (χ1n) is 5.41. The highest BCUT2D eigenvalue weighted by Crippen LogP contribution is 2.30.